The van der Waals surface area contributed by atoms with Gasteiger partial charge in [-0.1, -0.05) is 25.2 Å². The summed E-state index contributed by atoms with van der Waals surface area (Å²) in [5, 5.41) is 18.9. The first kappa shape index (κ1) is 24.6. The molecule has 0 aliphatic heterocycles. The van der Waals surface area contributed by atoms with E-state index >= 15 is 0 Å². The summed E-state index contributed by atoms with van der Waals surface area (Å²) < 4.78 is 0. The molecule has 0 N–H and O–H groups in total. The number of hydrogen-bond donors (Lipinski definition) is 0. The van der Waals surface area contributed by atoms with E-state index in [1.54, 1.807) is 19.1 Å². The van der Waals surface area contributed by atoms with E-state index in [-0.39, 0.29) is 65.5 Å². The van der Waals surface area contributed by atoms with Crippen molar-refractivity contribution in [2.45, 2.75) is 20.3 Å². The molecule has 0 bridgehead atoms. The number of carbonyl (C=O) groups excluding carboxylic acids is 2. The smallest absolute Gasteiger partial charge is 0.550 e. The van der Waals surface area contributed by atoms with Crippen LogP contribution in [0, 0.1) is 0 Å². The second kappa shape index (κ2) is 19.9. The molecule has 0 aromatic carbocycles. The second-order valence-corrected chi connectivity index (χ2v) is 1.93. The van der Waals surface area contributed by atoms with Gasteiger partial charge in [0.1, 0.15) is 0 Å². The summed E-state index contributed by atoms with van der Waals surface area (Å²) in [4.78, 5) is 18.9. The van der Waals surface area contributed by atoms with E-state index in [0.717, 1.165) is 6.08 Å². The molecule has 0 aromatic heterocycles. The normalized spacial score (nSPS) is 8.40. The van der Waals surface area contributed by atoms with Crippen LogP contribution in [0.3, 0.4) is 0 Å². The summed E-state index contributed by atoms with van der Waals surface area (Å²) in [6.07, 6.45) is 5.85. The van der Waals surface area contributed by atoms with Crippen LogP contribution in [0.15, 0.2) is 24.3 Å². The summed E-state index contributed by atoms with van der Waals surface area (Å²) in [5.41, 5.74) is 0. The summed E-state index contributed by atoms with van der Waals surface area (Å²) in [6, 6.07) is 0. The maximum atomic E-state index is 9.64. The van der Waals surface area contributed by atoms with Gasteiger partial charge in [0.05, 0.1) is 5.97 Å². The van der Waals surface area contributed by atoms with Gasteiger partial charge in [0.2, 0.25) is 0 Å². The predicted octanol–water partition coefficient (Wildman–Crippen LogP) is -6.98. The number of rotatable bonds is 3. The molecule has 0 heterocycles. The largest absolute Gasteiger partial charge is 1.00 e. The van der Waals surface area contributed by atoms with Crippen LogP contribution < -0.4 is 69.3 Å². The Labute approximate surface area is 134 Å². The molecular weight excluding hydrogens is 218 g/mol. The van der Waals surface area contributed by atoms with E-state index in [9.17, 15) is 19.8 Å². The van der Waals surface area contributed by atoms with Gasteiger partial charge in [0.15, 0.2) is 0 Å². The Bertz CT molecular complexity index is 212. The van der Waals surface area contributed by atoms with Crippen molar-refractivity contribution in [3.8, 4) is 0 Å². The van der Waals surface area contributed by atoms with E-state index < -0.39 is 11.9 Å². The zero-order chi connectivity index (χ0) is 10.7. The van der Waals surface area contributed by atoms with Gasteiger partial charge >= 0.3 is 59.1 Å². The van der Waals surface area contributed by atoms with Gasteiger partial charge in [0.25, 0.3) is 0 Å². The molecule has 0 fully saturated rings. The maximum absolute atomic E-state index is 9.64. The van der Waals surface area contributed by atoms with Crippen molar-refractivity contribution in [1.82, 2.24) is 0 Å². The van der Waals surface area contributed by atoms with Gasteiger partial charge in [0, 0.05) is 5.97 Å². The fourth-order valence-corrected chi connectivity index (χ4v) is 0.245. The van der Waals surface area contributed by atoms with Crippen LogP contribution in [0.1, 0.15) is 20.3 Å². The van der Waals surface area contributed by atoms with Crippen molar-refractivity contribution >= 4 is 11.9 Å². The number of carboxylic acids is 2. The first-order valence-corrected chi connectivity index (χ1v) is 3.74. The molecule has 6 heteroatoms. The summed E-state index contributed by atoms with van der Waals surface area (Å²) in [5.74, 6) is -2.16. The van der Waals surface area contributed by atoms with Crippen molar-refractivity contribution < 1.29 is 78.9 Å². The van der Waals surface area contributed by atoms with E-state index in [0.29, 0.717) is 0 Å². The van der Waals surface area contributed by atoms with Gasteiger partial charge in [-0.05, 0) is 19.4 Å². The SMILES string of the molecule is C/C=C/C=C/C(=O)[O-].CCC(=O)[O-].[Na+].[Na+]. The summed E-state index contributed by atoms with van der Waals surface area (Å²) in [6.45, 7) is 3.34. The molecule has 15 heavy (non-hydrogen) atoms. The minimum Gasteiger partial charge on any atom is -0.550 e. The van der Waals surface area contributed by atoms with Crippen LogP contribution in [-0.2, 0) is 9.59 Å². The van der Waals surface area contributed by atoms with Crippen molar-refractivity contribution in [1.29, 1.82) is 0 Å². The Balaban J connectivity index is -0.0000000770. The van der Waals surface area contributed by atoms with Crippen LogP contribution in [0.4, 0.5) is 0 Å². The van der Waals surface area contributed by atoms with Crippen molar-refractivity contribution in [3.05, 3.63) is 24.3 Å². The molecule has 0 aliphatic rings. The summed E-state index contributed by atoms with van der Waals surface area (Å²) >= 11 is 0. The van der Waals surface area contributed by atoms with Gasteiger partial charge in [-0.25, -0.2) is 0 Å². The van der Waals surface area contributed by atoms with Crippen molar-refractivity contribution in [2.24, 2.45) is 0 Å². The molecular formula is C9H12Na2O4. The van der Waals surface area contributed by atoms with Crippen LogP contribution in [0.5, 0.6) is 0 Å². The molecule has 4 nitrogen and oxygen atoms in total. The van der Waals surface area contributed by atoms with Crippen LogP contribution >= 0.6 is 0 Å². The fraction of sp³-hybridized carbons (Fsp3) is 0.333. The molecule has 0 unspecified atom stereocenters. The molecule has 0 saturated carbocycles. The third-order valence-corrected chi connectivity index (χ3v) is 0.825. The molecule has 0 spiro atoms. The molecule has 0 saturated heterocycles. The maximum Gasteiger partial charge on any atom is 1.00 e. The average molecular weight is 230 g/mol. The van der Waals surface area contributed by atoms with Gasteiger partial charge in [-0.3, -0.25) is 0 Å². The Morgan fingerprint density at radius 1 is 1.13 bits per heavy atom. The first-order chi connectivity index (χ1) is 6.04. The van der Waals surface area contributed by atoms with Crippen LogP contribution in [0.2, 0.25) is 0 Å². The number of carboxylic acid groups (broad SMARTS) is 2. The number of carbonyl (C=O) groups is 2. The third-order valence-electron chi connectivity index (χ3n) is 0.825. The van der Waals surface area contributed by atoms with Gasteiger partial charge < -0.3 is 19.8 Å². The predicted molar refractivity (Wildman–Crippen MR) is 44.3 cm³/mol. The topological polar surface area (TPSA) is 80.3 Å². The standard InChI is InChI=1S/C6H8O2.C3H6O2.2Na/c1-2-3-4-5-6(7)8;1-2-3(4)5;;/h2-5H,1H3,(H,7,8);2H2,1H3,(H,4,5);;/q;;2*+1/p-2/b3-2+,5-4+;;;. The second-order valence-electron chi connectivity index (χ2n) is 1.93. The summed E-state index contributed by atoms with van der Waals surface area (Å²) in [7, 11) is 0. The molecule has 0 radical (unpaired) electrons. The quantitative estimate of drug-likeness (QED) is 0.274. The minimum atomic E-state index is -1.16. The molecule has 0 aromatic rings. The Hall–Kier alpha value is 0.420. The fourth-order valence-electron chi connectivity index (χ4n) is 0.245. The monoisotopic (exact) mass is 230 g/mol. The zero-order valence-electron chi connectivity index (χ0n) is 9.65. The molecule has 74 valence electrons. The molecule has 0 rings (SSSR count). The first-order valence-electron chi connectivity index (χ1n) is 3.74. The Morgan fingerprint density at radius 2 is 1.53 bits per heavy atom. The van der Waals surface area contributed by atoms with E-state index in [1.807, 2.05) is 0 Å². The molecule has 0 aliphatic carbocycles. The Kier molecular flexibility index (Phi) is 32.6. The third kappa shape index (κ3) is 40.4. The van der Waals surface area contributed by atoms with Crippen LogP contribution in [0.25, 0.3) is 0 Å². The minimum absolute atomic E-state index is 0. The van der Waals surface area contributed by atoms with Crippen molar-refractivity contribution in [3.63, 3.8) is 0 Å². The van der Waals surface area contributed by atoms with E-state index in [4.69, 9.17) is 0 Å². The van der Waals surface area contributed by atoms with Crippen LogP contribution in [-0.4, -0.2) is 11.9 Å². The molecule has 0 atom stereocenters. The van der Waals surface area contributed by atoms with E-state index in [2.05, 4.69) is 0 Å². The number of aliphatic carboxylic acids is 2. The Morgan fingerprint density at radius 3 is 1.73 bits per heavy atom. The average Bonchev–Trinajstić information content (AvgIpc) is 2.05. The van der Waals surface area contributed by atoms with Crippen molar-refractivity contribution in [2.75, 3.05) is 0 Å². The zero-order valence-corrected chi connectivity index (χ0v) is 13.6. The van der Waals surface area contributed by atoms with E-state index in [1.165, 1.54) is 13.0 Å². The number of hydrogen-bond acceptors (Lipinski definition) is 4. The van der Waals surface area contributed by atoms with Gasteiger partial charge in [-0.2, -0.15) is 0 Å². The van der Waals surface area contributed by atoms with Gasteiger partial charge in [-0.15, -0.1) is 0 Å². The molecule has 0 amide bonds. The number of allylic oxidation sites excluding steroid dienone is 3.